The van der Waals surface area contributed by atoms with Gasteiger partial charge in [0, 0.05) is 20.8 Å². The molecule has 5 atom stereocenters. The molecule has 1 saturated heterocycles. The topological polar surface area (TPSA) is 129 Å². The monoisotopic (exact) mass is 306 g/mol. The molecule has 9 heteroatoms. The minimum Gasteiger partial charge on any atom is -0.463 e. The van der Waals surface area contributed by atoms with Gasteiger partial charge >= 0.3 is 17.9 Å². The van der Waals surface area contributed by atoms with Gasteiger partial charge in [0.15, 0.2) is 18.5 Å². The van der Waals surface area contributed by atoms with Crippen LogP contribution in [0.4, 0.5) is 0 Å². The predicted molar refractivity (Wildman–Crippen MR) is 64.6 cm³/mol. The van der Waals surface area contributed by atoms with Crippen molar-refractivity contribution < 1.29 is 43.5 Å². The third-order valence-corrected chi connectivity index (χ3v) is 2.69. The van der Waals surface area contributed by atoms with Gasteiger partial charge in [-0.1, -0.05) is 0 Å². The van der Waals surface area contributed by atoms with Crippen LogP contribution in [0.5, 0.6) is 0 Å². The van der Waals surface area contributed by atoms with Crippen LogP contribution in [0.1, 0.15) is 20.8 Å². The van der Waals surface area contributed by atoms with E-state index in [0.29, 0.717) is 0 Å². The third-order valence-electron chi connectivity index (χ3n) is 2.69. The fourth-order valence-electron chi connectivity index (χ4n) is 1.89. The summed E-state index contributed by atoms with van der Waals surface area (Å²) >= 11 is 0. The zero-order chi connectivity index (χ0) is 16.2. The van der Waals surface area contributed by atoms with Gasteiger partial charge < -0.3 is 29.2 Å². The third kappa shape index (κ3) is 4.96. The summed E-state index contributed by atoms with van der Waals surface area (Å²) in [4.78, 5) is 32.9. The lowest BCUT2D eigenvalue weighted by Gasteiger charge is -2.41. The average Bonchev–Trinajstić information content (AvgIpc) is 2.35. The van der Waals surface area contributed by atoms with Crippen molar-refractivity contribution in [2.24, 2.45) is 0 Å². The van der Waals surface area contributed by atoms with Crippen LogP contribution in [-0.4, -0.2) is 65.4 Å². The van der Waals surface area contributed by atoms with E-state index < -0.39 is 48.6 Å². The molecule has 0 aromatic heterocycles. The van der Waals surface area contributed by atoms with E-state index in [1.54, 1.807) is 0 Å². The second kappa shape index (κ2) is 7.34. The number of ether oxygens (including phenoxy) is 4. The molecule has 1 aliphatic heterocycles. The summed E-state index contributed by atoms with van der Waals surface area (Å²) in [6, 6.07) is 0. The van der Waals surface area contributed by atoms with Gasteiger partial charge in [-0.05, 0) is 0 Å². The van der Waals surface area contributed by atoms with Gasteiger partial charge in [0.05, 0.1) is 0 Å². The van der Waals surface area contributed by atoms with Gasteiger partial charge in [0.1, 0.15) is 18.8 Å². The molecule has 0 aromatic carbocycles. The fraction of sp³-hybridized carbons (Fsp3) is 0.750. The maximum absolute atomic E-state index is 11.1. The number of esters is 3. The normalized spacial score (nSPS) is 32.1. The second-order valence-electron chi connectivity index (χ2n) is 4.51. The van der Waals surface area contributed by atoms with Gasteiger partial charge in [0.25, 0.3) is 0 Å². The van der Waals surface area contributed by atoms with E-state index in [9.17, 15) is 24.6 Å². The molecule has 0 spiro atoms. The smallest absolute Gasteiger partial charge is 0.303 e. The Morgan fingerprint density at radius 1 is 0.952 bits per heavy atom. The Bertz CT molecular complexity index is 408. The Balaban J connectivity index is 2.87. The van der Waals surface area contributed by atoms with E-state index in [-0.39, 0.29) is 6.61 Å². The van der Waals surface area contributed by atoms with E-state index in [1.165, 1.54) is 0 Å². The maximum atomic E-state index is 11.1. The molecule has 0 bridgehead atoms. The first-order valence-corrected chi connectivity index (χ1v) is 6.21. The van der Waals surface area contributed by atoms with E-state index in [0.717, 1.165) is 20.8 Å². The maximum Gasteiger partial charge on any atom is 0.303 e. The first-order chi connectivity index (χ1) is 9.72. The molecule has 2 N–H and O–H groups in total. The molecule has 1 aliphatic rings. The Hall–Kier alpha value is -1.71. The number of aliphatic hydroxyl groups is 2. The quantitative estimate of drug-likeness (QED) is 0.470. The molecule has 0 aliphatic carbocycles. The van der Waals surface area contributed by atoms with Gasteiger partial charge in [-0.3, -0.25) is 14.4 Å². The minimum absolute atomic E-state index is 0.349. The van der Waals surface area contributed by atoms with Gasteiger partial charge in [-0.25, -0.2) is 0 Å². The summed E-state index contributed by atoms with van der Waals surface area (Å²) in [7, 11) is 0. The summed E-state index contributed by atoms with van der Waals surface area (Å²) in [5.41, 5.74) is 0. The summed E-state index contributed by atoms with van der Waals surface area (Å²) in [6.45, 7) is 3.00. The first kappa shape index (κ1) is 17.3. The molecule has 9 nitrogen and oxygen atoms in total. The number of carbonyl (C=O) groups is 3. The Labute approximate surface area is 120 Å². The predicted octanol–water partition coefficient (Wildman–Crippen LogP) is -1.51. The molecular formula is C12H18O9. The van der Waals surface area contributed by atoms with E-state index >= 15 is 0 Å². The molecule has 1 unspecified atom stereocenters. The van der Waals surface area contributed by atoms with Crippen molar-refractivity contribution in [3.8, 4) is 0 Å². The zero-order valence-electron chi connectivity index (χ0n) is 11.8. The second-order valence-corrected chi connectivity index (χ2v) is 4.51. The highest BCUT2D eigenvalue weighted by Crippen LogP contribution is 2.25. The number of hydrogen-bond acceptors (Lipinski definition) is 9. The van der Waals surface area contributed by atoms with Crippen molar-refractivity contribution in [3.05, 3.63) is 0 Å². The van der Waals surface area contributed by atoms with Crippen molar-refractivity contribution >= 4 is 17.9 Å². The van der Waals surface area contributed by atoms with E-state index in [4.69, 9.17) is 14.2 Å². The molecule has 0 radical (unpaired) electrons. The lowest BCUT2D eigenvalue weighted by atomic mass is 9.98. The standard InChI is InChI=1S/C12H18O9/c1-5(13)18-4-8-9(16)10(19-6(2)14)11(12(17)21-8)20-7(3)15/h8-12,16-17H,4H2,1-3H3/t8-,9-,10+,11-,12?/m1/s1. The van der Waals surface area contributed by atoms with Crippen LogP contribution in [0.25, 0.3) is 0 Å². The largest absolute Gasteiger partial charge is 0.463 e. The average molecular weight is 306 g/mol. The van der Waals surface area contributed by atoms with Crippen LogP contribution in [-0.2, 0) is 33.3 Å². The lowest BCUT2D eigenvalue weighted by molar-refractivity contribution is -0.293. The first-order valence-electron chi connectivity index (χ1n) is 6.21. The zero-order valence-corrected chi connectivity index (χ0v) is 11.8. The van der Waals surface area contributed by atoms with E-state index in [1.807, 2.05) is 0 Å². The molecular weight excluding hydrogens is 288 g/mol. The number of aliphatic hydroxyl groups excluding tert-OH is 2. The van der Waals surface area contributed by atoms with Gasteiger partial charge in [-0.15, -0.1) is 0 Å². The SMILES string of the molecule is CC(=O)OC[C@H]1OC(O)[C@H](OC(C)=O)[C@@H](OC(C)=O)[C@@H]1O. The fourth-order valence-corrected chi connectivity index (χ4v) is 1.89. The Kier molecular flexibility index (Phi) is 6.06. The number of rotatable bonds is 4. The number of hydrogen-bond donors (Lipinski definition) is 2. The van der Waals surface area contributed by atoms with Crippen LogP contribution >= 0.6 is 0 Å². The minimum atomic E-state index is -1.64. The van der Waals surface area contributed by atoms with Crippen molar-refractivity contribution in [3.63, 3.8) is 0 Å². The molecule has 1 rings (SSSR count). The highest BCUT2D eigenvalue weighted by molar-refractivity contribution is 5.67. The molecule has 0 saturated carbocycles. The van der Waals surface area contributed by atoms with Crippen molar-refractivity contribution in [2.75, 3.05) is 6.61 Å². The molecule has 0 amide bonds. The van der Waals surface area contributed by atoms with E-state index in [2.05, 4.69) is 4.74 Å². The lowest BCUT2D eigenvalue weighted by Crippen LogP contribution is -2.61. The molecule has 120 valence electrons. The highest BCUT2D eigenvalue weighted by Gasteiger charge is 2.49. The summed E-state index contributed by atoms with van der Waals surface area (Å²) in [5, 5.41) is 19.9. The summed E-state index contributed by atoms with van der Waals surface area (Å²) in [5.74, 6) is -2.09. The van der Waals surface area contributed by atoms with Gasteiger partial charge in [-0.2, -0.15) is 0 Å². The van der Waals surface area contributed by atoms with Crippen molar-refractivity contribution in [2.45, 2.75) is 51.5 Å². The Morgan fingerprint density at radius 3 is 1.95 bits per heavy atom. The molecule has 0 aromatic rings. The van der Waals surface area contributed by atoms with Crippen molar-refractivity contribution in [1.82, 2.24) is 0 Å². The van der Waals surface area contributed by atoms with Crippen LogP contribution in [0.2, 0.25) is 0 Å². The summed E-state index contributed by atoms with van der Waals surface area (Å²) in [6.07, 6.45) is -6.92. The summed E-state index contributed by atoms with van der Waals surface area (Å²) < 4.78 is 19.4. The molecule has 21 heavy (non-hydrogen) atoms. The van der Waals surface area contributed by atoms with Crippen LogP contribution in [0.3, 0.4) is 0 Å². The molecule has 1 heterocycles. The highest BCUT2D eigenvalue weighted by atomic mass is 16.7. The van der Waals surface area contributed by atoms with Crippen LogP contribution in [0, 0.1) is 0 Å². The van der Waals surface area contributed by atoms with Crippen LogP contribution in [0.15, 0.2) is 0 Å². The van der Waals surface area contributed by atoms with Crippen molar-refractivity contribution in [1.29, 1.82) is 0 Å². The molecule has 1 fully saturated rings. The van der Waals surface area contributed by atoms with Gasteiger partial charge in [0.2, 0.25) is 0 Å². The Morgan fingerprint density at radius 2 is 1.48 bits per heavy atom. The number of carbonyl (C=O) groups excluding carboxylic acids is 3. The van der Waals surface area contributed by atoms with Crippen LogP contribution < -0.4 is 0 Å².